The molecule has 3 atom stereocenters. The first kappa shape index (κ1) is 57.7. The Morgan fingerprint density at radius 3 is 1.42 bits per heavy atom. The molecular weight excluding hydrogens is 1100 g/mol. The van der Waals surface area contributed by atoms with Gasteiger partial charge in [0.15, 0.2) is 0 Å². The highest BCUT2D eigenvalue weighted by atomic mass is 16.5. The second-order valence-electron chi connectivity index (χ2n) is 25.9. The van der Waals surface area contributed by atoms with Gasteiger partial charge in [-0.05, 0) is 210 Å². The Labute approximate surface area is 539 Å². The average molecular weight is 1180 g/mol. The SMILES string of the molecule is CCCCCCc1ccc(C2(c3ccc(COc4ccc(C(C)CC(CC)c5ccc(-c6ccc7c(c6)CC7)cc5)cc4)cc3)c3ccccc3-c3ccc(N(c4ccccc4)c4ccc5c(c4)C(c4ccccc4)(c4ccccc4)c4ccccc4-5)cc32)cc1. The molecule has 0 spiro atoms. The summed E-state index contributed by atoms with van der Waals surface area (Å²) >= 11 is 0. The largest absolute Gasteiger partial charge is 0.489 e. The number of rotatable bonds is 21. The Morgan fingerprint density at radius 1 is 0.385 bits per heavy atom. The van der Waals surface area contributed by atoms with Crippen molar-refractivity contribution >= 4 is 17.1 Å². The van der Waals surface area contributed by atoms with E-state index >= 15 is 0 Å². The van der Waals surface area contributed by atoms with E-state index in [0.717, 1.165) is 47.6 Å². The third-order valence-electron chi connectivity index (χ3n) is 20.7. The quantitative estimate of drug-likeness (QED) is 0.0665. The van der Waals surface area contributed by atoms with Crippen LogP contribution < -0.4 is 9.64 Å². The molecule has 3 aliphatic carbocycles. The standard InChI is InChI=1S/C89H79NO/c1-4-6-7-11-22-63-33-47-74(48-34-63)89(75-49-35-64(36-50-75)61-91-79-53-45-66(46-54-79)62(3)57-65(5-2)67-37-39-68(40-38-67)70-43-41-69-42-44-71(69)58-70)85-32-21-19-30-81(85)83-56-52-78(60-87(83)89)90(76-27-16-10-17-28-76)77-51-55-82-80-29-18-20-31-84(80)88(86(82)59-77,72-23-12-8-13-24-72)73-25-14-9-15-26-73/h8-10,12-21,23-41,43,45-56,58-60,62,65H,4-7,11,22,42,44,57,61H2,1-3H3. The van der Waals surface area contributed by atoms with Crippen molar-refractivity contribution in [3.63, 3.8) is 0 Å². The highest BCUT2D eigenvalue weighted by Gasteiger charge is 2.48. The van der Waals surface area contributed by atoms with Gasteiger partial charge in [-0.2, -0.15) is 0 Å². The highest BCUT2D eigenvalue weighted by molar-refractivity contribution is 5.92. The molecule has 0 radical (unpaired) electrons. The predicted molar refractivity (Wildman–Crippen MR) is 380 cm³/mol. The van der Waals surface area contributed by atoms with Gasteiger partial charge in [-0.3, -0.25) is 0 Å². The van der Waals surface area contributed by atoms with Gasteiger partial charge in [0.25, 0.3) is 0 Å². The van der Waals surface area contributed by atoms with Crippen LogP contribution in [-0.2, 0) is 36.7 Å². The molecule has 0 aliphatic heterocycles. The topological polar surface area (TPSA) is 12.5 Å². The lowest BCUT2D eigenvalue weighted by Gasteiger charge is -2.36. The first-order chi connectivity index (χ1) is 44.9. The normalized spacial score (nSPS) is 15.3. The Kier molecular flexibility index (Phi) is 15.8. The third kappa shape index (κ3) is 10.4. The highest BCUT2D eigenvalue weighted by Crippen LogP contribution is 2.60. The van der Waals surface area contributed by atoms with Gasteiger partial charge in [0.1, 0.15) is 12.4 Å². The summed E-state index contributed by atoms with van der Waals surface area (Å²) in [5.41, 5.74) is 28.3. The molecule has 0 saturated carbocycles. The average Bonchev–Trinajstić information content (AvgIpc) is 1.58. The maximum Gasteiger partial charge on any atom is 0.119 e. The van der Waals surface area contributed by atoms with Gasteiger partial charge in [-0.1, -0.05) is 283 Å². The number of aryl methyl sites for hydroxylation is 3. The van der Waals surface area contributed by atoms with Gasteiger partial charge in [-0.15, -0.1) is 0 Å². The number of hydrogen-bond donors (Lipinski definition) is 0. The second-order valence-corrected chi connectivity index (χ2v) is 25.9. The minimum Gasteiger partial charge on any atom is -0.489 e. The first-order valence-electron chi connectivity index (χ1n) is 33.5. The summed E-state index contributed by atoms with van der Waals surface area (Å²) in [7, 11) is 0. The summed E-state index contributed by atoms with van der Waals surface area (Å²) < 4.78 is 6.64. The number of para-hydroxylation sites is 1. The zero-order valence-electron chi connectivity index (χ0n) is 52.8. The molecule has 0 fully saturated rings. The van der Waals surface area contributed by atoms with Crippen molar-refractivity contribution in [2.75, 3.05) is 4.90 Å². The lowest BCUT2D eigenvalue weighted by Crippen LogP contribution is -2.29. The molecule has 15 rings (SSSR count). The Morgan fingerprint density at radius 2 is 0.879 bits per heavy atom. The van der Waals surface area contributed by atoms with Crippen molar-refractivity contribution in [3.05, 3.63) is 369 Å². The van der Waals surface area contributed by atoms with E-state index in [4.69, 9.17) is 4.74 Å². The predicted octanol–water partition coefficient (Wildman–Crippen LogP) is 23.0. The van der Waals surface area contributed by atoms with Crippen LogP contribution in [0.15, 0.2) is 291 Å². The van der Waals surface area contributed by atoms with E-state index in [2.05, 4.69) is 317 Å². The van der Waals surface area contributed by atoms with Crippen molar-refractivity contribution < 1.29 is 4.74 Å². The van der Waals surface area contributed by atoms with Crippen LogP contribution in [0.1, 0.15) is 149 Å². The summed E-state index contributed by atoms with van der Waals surface area (Å²) in [6, 6.07) is 110. The Bertz CT molecular complexity index is 4470. The number of hydrogen-bond acceptors (Lipinski definition) is 2. The van der Waals surface area contributed by atoms with Crippen LogP contribution in [0, 0.1) is 0 Å². The molecule has 0 amide bonds. The van der Waals surface area contributed by atoms with Crippen molar-refractivity contribution in [2.24, 2.45) is 0 Å². The lowest BCUT2D eigenvalue weighted by molar-refractivity contribution is 0.306. The number of nitrogens with zero attached hydrogens (tertiary/aromatic N) is 1. The zero-order chi connectivity index (χ0) is 61.3. The molecule has 2 nitrogen and oxygen atoms in total. The summed E-state index contributed by atoms with van der Waals surface area (Å²) in [5, 5.41) is 0. The molecule has 446 valence electrons. The first-order valence-corrected chi connectivity index (χ1v) is 33.5. The van der Waals surface area contributed by atoms with E-state index in [0.29, 0.717) is 18.4 Å². The van der Waals surface area contributed by atoms with Crippen LogP contribution in [0.2, 0.25) is 0 Å². The van der Waals surface area contributed by atoms with Crippen LogP contribution in [-0.4, -0.2) is 0 Å². The fourth-order valence-electron chi connectivity index (χ4n) is 15.8. The van der Waals surface area contributed by atoms with Crippen LogP contribution >= 0.6 is 0 Å². The molecule has 12 aromatic rings. The third-order valence-corrected chi connectivity index (χ3v) is 20.7. The minimum absolute atomic E-state index is 0.412. The molecule has 3 aliphatic rings. The number of anilines is 3. The smallest absolute Gasteiger partial charge is 0.119 e. The van der Waals surface area contributed by atoms with E-state index in [1.54, 1.807) is 0 Å². The van der Waals surface area contributed by atoms with Crippen molar-refractivity contribution in [1.29, 1.82) is 0 Å². The molecule has 0 saturated heterocycles. The minimum atomic E-state index is -0.630. The van der Waals surface area contributed by atoms with E-state index < -0.39 is 10.8 Å². The summed E-state index contributed by atoms with van der Waals surface area (Å²) in [6.45, 7) is 7.47. The summed E-state index contributed by atoms with van der Waals surface area (Å²) in [6.07, 6.45) is 10.7. The molecule has 91 heavy (non-hydrogen) atoms. The van der Waals surface area contributed by atoms with Crippen LogP contribution in [0.4, 0.5) is 17.1 Å². The monoisotopic (exact) mass is 1180 g/mol. The number of ether oxygens (including phenoxy) is 1. The molecule has 0 bridgehead atoms. The van der Waals surface area contributed by atoms with Crippen molar-refractivity contribution in [2.45, 2.75) is 108 Å². The van der Waals surface area contributed by atoms with E-state index in [-0.39, 0.29) is 0 Å². The molecule has 0 N–H and O–H groups in total. The molecule has 2 heteroatoms. The molecular formula is C89H79NO. The summed E-state index contributed by atoms with van der Waals surface area (Å²) in [5.74, 6) is 1.79. The van der Waals surface area contributed by atoms with Crippen molar-refractivity contribution in [1.82, 2.24) is 0 Å². The molecule has 3 unspecified atom stereocenters. The van der Waals surface area contributed by atoms with Gasteiger partial charge >= 0.3 is 0 Å². The molecule has 0 aromatic heterocycles. The van der Waals surface area contributed by atoms with Gasteiger partial charge in [0.05, 0.1) is 10.8 Å². The maximum atomic E-state index is 6.64. The lowest BCUT2D eigenvalue weighted by atomic mass is 9.67. The fraction of sp³-hybridized carbons (Fsp3) is 0.191. The van der Waals surface area contributed by atoms with E-state index in [1.807, 2.05) is 0 Å². The number of unbranched alkanes of at least 4 members (excludes halogenated alkanes) is 3. The van der Waals surface area contributed by atoms with Crippen LogP contribution in [0.5, 0.6) is 5.75 Å². The van der Waals surface area contributed by atoms with Gasteiger partial charge in [0, 0.05) is 17.1 Å². The Hall–Kier alpha value is -9.76. The van der Waals surface area contributed by atoms with Gasteiger partial charge in [0.2, 0.25) is 0 Å². The zero-order valence-corrected chi connectivity index (χ0v) is 52.8. The van der Waals surface area contributed by atoms with Crippen LogP contribution in [0.25, 0.3) is 33.4 Å². The molecule has 0 heterocycles. The van der Waals surface area contributed by atoms with Gasteiger partial charge < -0.3 is 9.64 Å². The van der Waals surface area contributed by atoms with Crippen LogP contribution in [0.3, 0.4) is 0 Å². The summed E-state index contributed by atoms with van der Waals surface area (Å²) in [4.78, 5) is 2.49. The van der Waals surface area contributed by atoms with E-state index in [1.165, 1.54) is 144 Å². The Balaban J connectivity index is 0.767. The number of benzene rings is 12. The maximum absolute atomic E-state index is 6.64. The van der Waals surface area contributed by atoms with E-state index in [9.17, 15) is 0 Å². The fourth-order valence-corrected chi connectivity index (χ4v) is 15.8. The van der Waals surface area contributed by atoms with Crippen molar-refractivity contribution in [3.8, 4) is 39.1 Å². The second kappa shape index (κ2) is 24.9. The molecule has 12 aromatic carbocycles. The number of fused-ring (bicyclic) bond motifs is 7. The van der Waals surface area contributed by atoms with Gasteiger partial charge in [-0.25, -0.2) is 0 Å².